The first kappa shape index (κ1) is 28.2. The fraction of sp³-hybridized carbons (Fsp3) is 0.452. The van der Waals surface area contributed by atoms with Crippen molar-refractivity contribution in [2.45, 2.75) is 32.2 Å². The second-order valence-electron chi connectivity index (χ2n) is 11.0. The number of benzene rings is 2. The number of carbonyl (C=O) groups is 1. The van der Waals surface area contributed by atoms with Crippen LogP contribution in [-0.2, 0) is 22.5 Å². The van der Waals surface area contributed by atoms with Gasteiger partial charge in [-0.05, 0) is 30.9 Å². The molecule has 3 aliphatic rings. The lowest BCUT2D eigenvalue weighted by atomic mass is 10.0. The zero-order valence-corrected chi connectivity index (χ0v) is 24.0. The van der Waals surface area contributed by atoms with Gasteiger partial charge in [-0.2, -0.15) is 9.97 Å². The summed E-state index contributed by atoms with van der Waals surface area (Å²) in [6, 6.07) is 11.8. The predicted octanol–water partition coefficient (Wildman–Crippen LogP) is 2.15. The summed E-state index contributed by atoms with van der Waals surface area (Å²) >= 11 is 0. The first-order valence-electron chi connectivity index (χ1n) is 14.6. The van der Waals surface area contributed by atoms with Crippen LogP contribution in [0.15, 0.2) is 49.1 Å². The van der Waals surface area contributed by atoms with Crippen LogP contribution < -0.4 is 14.5 Å². The maximum absolute atomic E-state index is 12.2. The summed E-state index contributed by atoms with van der Waals surface area (Å²) in [5, 5.41) is 23.5. The Kier molecular flexibility index (Phi) is 8.14. The summed E-state index contributed by atoms with van der Waals surface area (Å²) in [6.45, 7) is 11.5. The van der Waals surface area contributed by atoms with Gasteiger partial charge in [-0.25, -0.2) is 0 Å². The van der Waals surface area contributed by atoms with Gasteiger partial charge in [-0.3, -0.25) is 9.69 Å². The van der Waals surface area contributed by atoms with Crippen LogP contribution in [0.25, 0.3) is 10.8 Å². The molecule has 2 saturated heterocycles. The van der Waals surface area contributed by atoms with Gasteiger partial charge in [0.15, 0.2) is 0 Å². The predicted molar refractivity (Wildman–Crippen MR) is 160 cm³/mol. The second-order valence-corrected chi connectivity index (χ2v) is 11.0. The Bertz CT molecular complexity index is 1450. The fourth-order valence-electron chi connectivity index (χ4n) is 6.08. The molecule has 3 aliphatic heterocycles. The minimum absolute atomic E-state index is 0.0664. The monoisotopic (exact) mass is 574 g/mol. The highest BCUT2D eigenvalue weighted by Gasteiger charge is 2.31. The normalized spacial score (nSPS) is 19.3. The summed E-state index contributed by atoms with van der Waals surface area (Å²) in [4.78, 5) is 30.1. The van der Waals surface area contributed by atoms with Gasteiger partial charge < -0.3 is 34.4 Å². The largest absolute Gasteiger partial charge is 0.508 e. The number of nitrogens with zero attached hydrogens (tertiary/aromatic N) is 6. The van der Waals surface area contributed by atoms with Gasteiger partial charge in [0.1, 0.15) is 23.9 Å². The summed E-state index contributed by atoms with van der Waals surface area (Å²) in [5.74, 6) is 0.970. The average Bonchev–Trinajstić information content (AvgIpc) is 3.03. The highest BCUT2D eigenvalue weighted by molar-refractivity contribution is 5.95. The number of piperazine rings is 1. The molecule has 4 heterocycles. The molecule has 2 aromatic carbocycles. The van der Waals surface area contributed by atoms with Crippen molar-refractivity contribution in [2.75, 3.05) is 68.8 Å². The third-order valence-electron chi connectivity index (χ3n) is 8.38. The number of aliphatic hydroxyl groups excluding tert-OH is 1. The van der Waals surface area contributed by atoms with Crippen LogP contribution in [0.4, 0.5) is 11.5 Å². The van der Waals surface area contributed by atoms with Gasteiger partial charge in [0.05, 0.1) is 25.5 Å². The molecule has 0 bridgehead atoms. The Labute approximate surface area is 245 Å². The van der Waals surface area contributed by atoms with E-state index in [0.717, 1.165) is 40.1 Å². The molecule has 42 heavy (non-hydrogen) atoms. The molecule has 222 valence electrons. The molecule has 1 amide bonds. The number of morpholine rings is 1. The molecule has 2 atom stereocenters. The number of aromatic nitrogens is 2. The molecular weight excluding hydrogens is 536 g/mol. The number of hydrogen-bond donors (Lipinski definition) is 2. The Hall–Kier alpha value is -3.93. The van der Waals surface area contributed by atoms with Crippen molar-refractivity contribution in [1.82, 2.24) is 19.8 Å². The molecule has 6 rings (SSSR count). The van der Waals surface area contributed by atoms with E-state index in [0.29, 0.717) is 65.4 Å². The van der Waals surface area contributed by atoms with Gasteiger partial charge in [0.25, 0.3) is 0 Å². The van der Waals surface area contributed by atoms with E-state index in [1.807, 2.05) is 36.1 Å². The molecule has 0 aliphatic carbocycles. The molecule has 1 unspecified atom stereocenters. The van der Waals surface area contributed by atoms with Crippen molar-refractivity contribution >= 4 is 28.2 Å². The highest BCUT2D eigenvalue weighted by atomic mass is 16.5. The lowest BCUT2D eigenvalue weighted by Crippen LogP contribution is -2.50. The lowest BCUT2D eigenvalue weighted by Gasteiger charge is -2.38. The molecule has 3 aromatic rings. The summed E-state index contributed by atoms with van der Waals surface area (Å²) in [5.41, 5.74) is 2.87. The number of aromatic hydroxyl groups is 1. The fourth-order valence-corrected chi connectivity index (χ4v) is 6.08. The molecule has 11 nitrogen and oxygen atoms in total. The van der Waals surface area contributed by atoms with E-state index in [9.17, 15) is 15.0 Å². The van der Waals surface area contributed by atoms with E-state index in [-0.39, 0.29) is 17.7 Å². The van der Waals surface area contributed by atoms with E-state index in [1.54, 1.807) is 11.0 Å². The number of ether oxygens (including phenoxy) is 2. The summed E-state index contributed by atoms with van der Waals surface area (Å²) in [7, 11) is 0. The Morgan fingerprint density at radius 2 is 1.81 bits per heavy atom. The number of fused-ring (bicyclic) bond motifs is 2. The van der Waals surface area contributed by atoms with Gasteiger partial charge >= 0.3 is 6.01 Å². The average molecular weight is 575 g/mol. The quantitative estimate of drug-likeness (QED) is 0.407. The van der Waals surface area contributed by atoms with Crippen LogP contribution in [0, 0.1) is 0 Å². The van der Waals surface area contributed by atoms with Crippen molar-refractivity contribution in [3.05, 3.63) is 60.3 Å². The molecule has 0 spiro atoms. The molecule has 0 radical (unpaired) electrons. The number of anilines is 2. The van der Waals surface area contributed by atoms with Crippen LogP contribution in [0.3, 0.4) is 0 Å². The second kappa shape index (κ2) is 12.1. The van der Waals surface area contributed by atoms with E-state index in [2.05, 4.69) is 22.4 Å². The Morgan fingerprint density at radius 1 is 1.05 bits per heavy atom. The lowest BCUT2D eigenvalue weighted by molar-refractivity contribution is -0.126. The van der Waals surface area contributed by atoms with Gasteiger partial charge in [0.2, 0.25) is 5.91 Å². The van der Waals surface area contributed by atoms with Crippen molar-refractivity contribution < 1.29 is 24.5 Å². The number of amides is 1. The molecule has 0 saturated carbocycles. The van der Waals surface area contributed by atoms with Crippen LogP contribution in [0.1, 0.15) is 18.2 Å². The van der Waals surface area contributed by atoms with Crippen molar-refractivity contribution in [3.63, 3.8) is 0 Å². The molecule has 2 fully saturated rings. The Morgan fingerprint density at radius 3 is 2.57 bits per heavy atom. The minimum atomic E-state index is -0.819. The van der Waals surface area contributed by atoms with Gasteiger partial charge in [0, 0.05) is 68.5 Å². The van der Waals surface area contributed by atoms with Crippen molar-refractivity contribution in [1.29, 1.82) is 0 Å². The smallest absolute Gasteiger partial charge is 0.319 e. The van der Waals surface area contributed by atoms with E-state index in [1.165, 1.54) is 6.08 Å². The zero-order valence-electron chi connectivity index (χ0n) is 24.0. The summed E-state index contributed by atoms with van der Waals surface area (Å²) in [6.07, 6.45) is 0.688. The number of phenols is 1. The van der Waals surface area contributed by atoms with Crippen molar-refractivity contribution in [3.8, 4) is 11.8 Å². The van der Waals surface area contributed by atoms with E-state index in [4.69, 9.17) is 19.4 Å². The topological polar surface area (TPSA) is 115 Å². The third kappa shape index (κ3) is 5.72. The SMILES string of the molecule is C=CC(=O)N1CCN(c2nc(OC(C)[C@H](O)N3CCOCC3)nc3c2CCN(c2cc(O)cc4ccccc24)C3)CC1. The highest BCUT2D eigenvalue weighted by Crippen LogP contribution is 2.36. The van der Waals surface area contributed by atoms with Crippen molar-refractivity contribution in [2.24, 2.45) is 0 Å². The van der Waals surface area contributed by atoms with Crippen LogP contribution in [0.2, 0.25) is 0 Å². The molecule has 1 aromatic heterocycles. The zero-order chi connectivity index (χ0) is 29.2. The molecule has 11 heteroatoms. The Balaban J connectivity index is 1.31. The van der Waals surface area contributed by atoms with Gasteiger partial charge in [-0.1, -0.05) is 30.8 Å². The molecular formula is C31H38N6O5. The van der Waals surface area contributed by atoms with Crippen LogP contribution >= 0.6 is 0 Å². The number of hydrogen-bond acceptors (Lipinski definition) is 10. The maximum atomic E-state index is 12.2. The first-order chi connectivity index (χ1) is 20.4. The molecule has 2 N–H and O–H groups in total. The standard InChI is InChI=1S/C31H38N6O5/c1-3-28(39)34-10-12-35(13-11-34)29-25-8-9-37(27-19-23(38)18-22-6-4-5-7-24(22)27)20-26(25)32-31(33-29)42-21(2)30(40)36-14-16-41-17-15-36/h3-7,18-19,21,30,38,40H,1,8-17,20H2,2H3/t21?,30-/m0/s1. The number of carbonyl (C=O) groups excluding carboxylic acids is 1. The first-order valence-corrected chi connectivity index (χ1v) is 14.6. The van der Waals surface area contributed by atoms with Crippen LogP contribution in [-0.4, -0.2) is 107 Å². The third-order valence-corrected chi connectivity index (χ3v) is 8.38. The number of rotatable bonds is 7. The number of phenolic OH excluding ortho intramolecular Hbond substituents is 1. The minimum Gasteiger partial charge on any atom is -0.508 e. The van der Waals surface area contributed by atoms with E-state index < -0.39 is 12.3 Å². The maximum Gasteiger partial charge on any atom is 0.319 e. The summed E-state index contributed by atoms with van der Waals surface area (Å²) < 4.78 is 11.6. The number of aliphatic hydroxyl groups is 1. The van der Waals surface area contributed by atoms with Crippen LogP contribution in [0.5, 0.6) is 11.8 Å². The van der Waals surface area contributed by atoms with Gasteiger partial charge in [-0.15, -0.1) is 0 Å². The van der Waals surface area contributed by atoms with E-state index >= 15 is 0 Å².